The molecule has 1 N–H and O–H groups in total. The summed E-state index contributed by atoms with van der Waals surface area (Å²) in [5, 5.41) is 8.95. The molecule has 2 aliphatic rings. The third kappa shape index (κ3) is 4.03. The van der Waals surface area contributed by atoms with Gasteiger partial charge < -0.3 is 14.7 Å². The molecule has 1 saturated heterocycles. The number of amides is 1. The maximum absolute atomic E-state index is 12.4. The molecule has 1 amide bonds. The van der Waals surface area contributed by atoms with Crippen molar-refractivity contribution in [3.8, 4) is 5.75 Å². The van der Waals surface area contributed by atoms with E-state index in [1.807, 2.05) is 59.5 Å². The van der Waals surface area contributed by atoms with Crippen LogP contribution in [-0.2, 0) is 16.1 Å². The number of allylic oxidation sites excluding steroid dienone is 2. The molecule has 0 aromatic heterocycles. The van der Waals surface area contributed by atoms with Gasteiger partial charge in [0.2, 0.25) is 5.88 Å². The summed E-state index contributed by atoms with van der Waals surface area (Å²) in [4.78, 5) is 26.9. The fraction of sp³-hybridized carbons (Fsp3) is 0.0952. The number of benzene rings is 2. The zero-order valence-electron chi connectivity index (χ0n) is 15.1. The third-order valence-corrected chi connectivity index (χ3v) is 5.76. The molecule has 0 aliphatic carbocycles. The van der Waals surface area contributed by atoms with Crippen molar-refractivity contribution < 1.29 is 19.4 Å². The van der Waals surface area contributed by atoms with E-state index >= 15 is 0 Å². The summed E-state index contributed by atoms with van der Waals surface area (Å²) in [6.45, 7) is 0.165. The van der Waals surface area contributed by atoms with Crippen molar-refractivity contribution in [1.82, 2.24) is 4.90 Å². The highest BCUT2D eigenvalue weighted by Gasteiger charge is 2.33. The van der Waals surface area contributed by atoms with Crippen LogP contribution < -0.4 is 9.64 Å². The van der Waals surface area contributed by atoms with Crippen molar-refractivity contribution in [1.29, 1.82) is 0 Å². The van der Waals surface area contributed by atoms with Gasteiger partial charge in [-0.3, -0.25) is 14.5 Å². The number of rotatable bonds is 5. The maximum atomic E-state index is 12.4. The Hall–Kier alpha value is -3.10. The van der Waals surface area contributed by atoms with Gasteiger partial charge in [-0.2, -0.15) is 0 Å². The van der Waals surface area contributed by atoms with Crippen LogP contribution in [0, 0.1) is 0 Å². The fourth-order valence-electron chi connectivity index (χ4n) is 3.04. The second-order valence-corrected chi connectivity index (χ2v) is 8.01. The summed E-state index contributed by atoms with van der Waals surface area (Å²) in [5.41, 5.74) is 2.06. The Morgan fingerprint density at radius 3 is 2.55 bits per heavy atom. The van der Waals surface area contributed by atoms with Crippen molar-refractivity contribution >= 4 is 45.9 Å². The lowest BCUT2D eigenvalue weighted by Gasteiger charge is -2.18. The molecule has 2 heterocycles. The first-order chi connectivity index (χ1) is 14.0. The van der Waals surface area contributed by atoms with Crippen LogP contribution in [0.15, 0.2) is 77.5 Å². The van der Waals surface area contributed by atoms with Crippen LogP contribution >= 0.6 is 24.0 Å². The number of thiocarbonyl (C=S) groups is 1. The van der Waals surface area contributed by atoms with Crippen molar-refractivity contribution in [3.63, 3.8) is 0 Å². The molecule has 0 saturated carbocycles. The van der Waals surface area contributed by atoms with E-state index in [0.717, 1.165) is 33.7 Å². The van der Waals surface area contributed by atoms with Crippen LogP contribution in [0.3, 0.4) is 0 Å². The molecule has 2 aliphatic heterocycles. The number of hydrogen-bond acceptors (Lipinski definition) is 6. The molecular formula is C21H16N2O4S2. The van der Waals surface area contributed by atoms with Crippen molar-refractivity contribution in [2.75, 3.05) is 11.4 Å². The van der Waals surface area contributed by atoms with E-state index < -0.39 is 18.4 Å². The molecule has 146 valence electrons. The van der Waals surface area contributed by atoms with Gasteiger partial charge in [0.25, 0.3) is 5.91 Å². The summed E-state index contributed by atoms with van der Waals surface area (Å²) in [6, 6.07) is 17.7. The molecule has 8 heteroatoms. The van der Waals surface area contributed by atoms with Gasteiger partial charge in [0.15, 0.2) is 5.75 Å². The maximum Gasteiger partial charge on any atom is 0.323 e. The smallest absolute Gasteiger partial charge is 0.323 e. The summed E-state index contributed by atoms with van der Waals surface area (Å²) in [6.07, 6.45) is 3.34. The zero-order valence-corrected chi connectivity index (χ0v) is 16.8. The molecule has 6 nitrogen and oxygen atoms in total. The first kappa shape index (κ1) is 19.2. The number of ether oxygens (including phenoxy) is 1. The number of fused-ring (bicyclic) bond motifs is 1. The molecule has 4 rings (SSSR count). The fourth-order valence-corrected chi connectivity index (χ4v) is 4.23. The van der Waals surface area contributed by atoms with E-state index in [4.69, 9.17) is 22.1 Å². The minimum Gasteiger partial charge on any atom is -0.480 e. The highest BCUT2D eigenvalue weighted by Crippen LogP contribution is 2.40. The molecule has 0 spiro atoms. The molecular weight excluding hydrogens is 408 g/mol. The molecule has 29 heavy (non-hydrogen) atoms. The van der Waals surface area contributed by atoms with Crippen LogP contribution in [0.5, 0.6) is 5.75 Å². The number of anilines is 1. The number of thioether (sulfide) groups is 1. The van der Waals surface area contributed by atoms with Crippen LogP contribution in [0.25, 0.3) is 0 Å². The number of carbonyl (C=O) groups excluding carboxylic acids is 1. The number of hydrogen-bond donors (Lipinski definition) is 1. The van der Waals surface area contributed by atoms with Gasteiger partial charge in [0, 0.05) is 6.08 Å². The number of carboxylic acids is 1. The van der Waals surface area contributed by atoms with Crippen LogP contribution in [-0.4, -0.2) is 32.7 Å². The summed E-state index contributed by atoms with van der Waals surface area (Å²) in [5.74, 6) is -0.200. The van der Waals surface area contributed by atoms with E-state index in [2.05, 4.69) is 0 Å². The number of carbonyl (C=O) groups is 2. The van der Waals surface area contributed by atoms with Gasteiger partial charge in [-0.05, 0) is 23.8 Å². The monoisotopic (exact) mass is 424 g/mol. The zero-order chi connectivity index (χ0) is 20.4. The molecule has 0 radical (unpaired) electrons. The van der Waals surface area contributed by atoms with Gasteiger partial charge in [-0.25, -0.2) is 0 Å². The number of para-hydroxylation sites is 2. The van der Waals surface area contributed by atoms with Crippen molar-refractivity contribution in [2.24, 2.45) is 0 Å². The topological polar surface area (TPSA) is 70.1 Å². The van der Waals surface area contributed by atoms with Gasteiger partial charge in [-0.15, -0.1) is 0 Å². The lowest BCUT2D eigenvalue weighted by atomic mass is 10.2. The number of carboxylic acid groups (broad SMARTS) is 1. The van der Waals surface area contributed by atoms with Gasteiger partial charge >= 0.3 is 5.97 Å². The van der Waals surface area contributed by atoms with Crippen LogP contribution in [0.2, 0.25) is 0 Å². The summed E-state index contributed by atoms with van der Waals surface area (Å²) in [7, 11) is 0. The van der Waals surface area contributed by atoms with Gasteiger partial charge in [0.05, 0.1) is 17.1 Å². The Kier molecular flexibility index (Phi) is 5.37. The molecule has 2 aromatic carbocycles. The lowest BCUT2D eigenvalue weighted by Crippen LogP contribution is -2.33. The number of aliphatic carboxylic acids is 1. The van der Waals surface area contributed by atoms with E-state index in [1.165, 1.54) is 0 Å². The molecule has 0 atom stereocenters. The second kappa shape index (κ2) is 8.10. The molecule has 0 unspecified atom stereocenters. The molecule has 1 fully saturated rings. The third-order valence-electron chi connectivity index (χ3n) is 4.36. The molecule has 0 bridgehead atoms. The standard InChI is InChI=1S/C21H16N2O4S2/c24-19(25)13-23-20(26)17(29-21(23)28)10-11-18-22(12-14-6-2-1-3-7-14)15-8-4-5-9-16(15)27-18/h1-11H,12-13H2,(H,24,25)/b17-10-,18-11-. The van der Waals surface area contributed by atoms with Crippen LogP contribution in [0.4, 0.5) is 5.69 Å². The Labute approximate surface area is 177 Å². The Morgan fingerprint density at radius 2 is 1.79 bits per heavy atom. The van der Waals surface area contributed by atoms with E-state index in [-0.39, 0.29) is 4.32 Å². The van der Waals surface area contributed by atoms with Gasteiger partial charge in [-0.1, -0.05) is 66.4 Å². The average Bonchev–Trinajstić information content (AvgIpc) is 3.19. The predicted octanol–water partition coefficient (Wildman–Crippen LogP) is 3.76. The average molecular weight is 425 g/mol. The largest absolute Gasteiger partial charge is 0.480 e. The van der Waals surface area contributed by atoms with Crippen LogP contribution in [0.1, 0.15) is 5.56 Å². The SMILES string of the molecule is O=C(O)CN1C(=O)/C(=C/C=C2\Oc3ccccc3N2Cc2ccccc2)SC1=S. The second-order valence-electron chi connectivity index (χ2n) is 6.33. The summed E-state index contributed by atoms with van der Waals surface area (Å²) >= 11 is 6.21. The highest BCUT2D eigenvalue weighted by atomic mass is 32.2. The Morgan fingerprint density at radius 1 is 1.07 bits per heavy atom. The Bertz CT molecular complexity index is 1050. The summed E-state index contributed by atoms with van der Waals surface area (Å²) < 4.78 is 6.22. The first-order valence-electron chi connectivity index (χ1n) is 8.79. The number of nitrogens with zero attached hydrogens (tertiary/aromatic N) is 2. The van der Waals surface area contributed by atoms with E-state index in [0.29, 0.717) is 17.3 Å². The first-order valence-corrected chi connectivity index (χ1v) is 10.0. The van der Waals surface area contributed by atoms with E-state index in [9.17, 15) is 9.59 Å². The minimum atomic E-state index is -1.11. The normalized spacial score (nSPS) is 18.5. The Balaban J connectivity index is 1.62. The van der Waals surface area contributed by atoms with Gasteiger partial charge in [0.1, 0.15) is 10.9 Å². The van der Waals surface area contributed by atoms with E-state index in [1.54, 1.807) is 12.2 Å². The van der Waals surface area contributed by atoms with Crippen molar-refractivity contribution in [3.05, 3.63) is 83.1 Å². The lowest BCUT2D eigenvalue weighted by molar-refractivity contribution is -0.140. The minimum absolute atomic E-state index is 0.235. The predicted molar refractivity (Wildman–Crippen MR) is 115 cm³/mol. The van der Waals surface area contributed by atoms with Crippen molar-refractivity contribution in [2.45, 2.75) is 6.54 Å². The highest BCUT2D eigenvalue weighted by molar-refractivity contribution is 8.26. The quantitative estimate of drug-likeness (QED) is 0.579. The molecule has 2 aromatic rings.